The highest BCUT2D eigenvalue weighted by atomic mass is 16.1. The van der Waals surface area contributed by atoms with Gasteiger partial charge in [0, 0.05) is 12.3 Å². The van der Waals surface area contributed by atoms with Gasteiger partial charge in [0.05, 0.1) is 0 Å². The molecule has 0 radical (unpaired) electrons. The van der Waals surface area contributed by atoms with Crippen LogP contribution < -0.4 is 0 Å². The van der Waals surface area contributed by atoms with Crippen molar-refractivity contribution in [3.63, 3.8) is 0 Å². The molecule has 0 amide bonds. The summed E-state index contributed by atoms with van der Waals surface area (Å²) < 4.78 is 0. The molecule has 0 bridgehead atoms. The Bertz CT molecular complexity index is 215. The van der Waals surface area contributed by atoms with Crippen LogP contribution >= 0.6 is 0 Å². The van der Waals surface area contributed by atoms with Gasteiger partial charge in [0.2, 0.25) is 0 Å². The zero-order valence-corrected chi connectivity index (χ0v) is 6.97. The van der Waals surface area contributed by atoms with E-state index in [4.69, 9.17) is 0 Å². The van der Waals surface area contributed by atoms with E-state index in [1.54, 1.807) is 0 Å². The second-order valence-electron chi connectivity index (χ2n) is 3.64. The number of allylic oxidation sites excluding steroid dienone is 2. The van der Waals surface area contributed by atoms with Gasteiger partial charge in [-0.2, -0.15) is 0 Å². The predicted molar refractivity (Wildman–Crippen MR) is 44.2 cm³/mol. The smallest absolute Gasteiger partial charge is 0.140 e. The van der Waals surface area contributed by atoms with E-state index in [0.29, 0.717) is 17.6 Å². The number of fused-ring (bicyclic) bond motifs is 1. The summed E-state index contributed by atoms with van der Waals surface area (Å²) >= 11 is 0. The van der Waals surface area contributed by atoms with Crippen LogP contribution in [0.3, 0.4) is 0 Å². The Morgan fingerprint density at radius 2 is 2.45 bits per heavy atom. The van der Waals surface area contributed by atoms with Gasteiger partial charge in [-0.25, -0.2) is 0 Å². The Morgan fingerprint density at radius 3 is 3.09 bits per heavy atom. The van der Waals surface area contributed by atoms with Crippen molar-refractivity contribution in [1.29, 1.82) is 0 Å². The van der Waals surface area contributed by atoms with Gasteiger partial charge in [0.15, 0.2) is 0 Å². The van der Waals surface area contributed by atoms with Crippen LogP contribution in [0.1, 0.15) is 32.6 Å². The van der Waals surface area contributed by atoms with Crippen LogP contribution in [0, 0.1) is 11.8 Å². The molecule has 1 saturated carbocycles. The zero-order valence-electron chi connectivity index (χ0n) is 6.97. The largest absolute Gasteiger partial charge is 0.299 e. The quantitative estimate of drug-likeness (QED) is 0.552. The summed E-state index contributed by atoms with van der Waals surface area (Å²) in [6, 6.07) is 0. The highest BCUT2D eigenvalue weighted by Crippen LogP contribution is 2.45. The first kappa shape index (κ1) is 7.08. The third-order valence-corrected chi connectivity index (χ3v) is 2.87. The lowest BCUT2D eigenvalue weighted by Crippen LogP contribution is -2.24. The van der Waals surface area contributed by atoms with Gasteiger partial charge in [0.25, 0.3) is 0 Å². The van der Waals surface area contributed by atoms with Crippen molar-refractivity contribution in [3.05, 3.63) is 11.6 Å². The molecule has 0 spiro atoms. The molecule has 1 fully saturated rings. The average molecular weight is 150 g/mol. The third kappa shape index (κ3) is 0.943. The Hall–Kier alpha value is -0.590. The Morgan fingerprint density at radius 1 is 1.64 bits per heavy atom. The van der Waals surface area contributed by atoms with Crippen LogP contribution in [0.4, 0.5) is 0 Å². The minimum Gasteiger partial charge on any atom is -0.299 e. The number of hydrogen-bond donors (Lipinski definition) is 0. The topological polar surface area (TPSA) is 17.1 Å². The minimum absolute atomic E-state index is 0.370. The number of rotatable bonds is 2. The van der Waals surface area contributed by atoms with E-state index in [0.717, 1.165) is 19.3 Å². The van der Waals surface area contributed by atoms with Crippen LogP contribution in [0.5, 0.6) is 0 Å². The normalized spacial score (nSPS) is 34.6. The summed E-state index contributed by atoms with van der Waals surface area (Å²) in [4.78, 5) is 11.3. The first-order valence-corrected chi connectivity index (χ1v) is 4.56. The van der Waals surface area contributed by atoms with Gasteiger partial charge < -0.3 is 0 Å². The number of hydrogen-bond acceptors (Lipinski definition) is 1. The van der Waals surface area contributed by atoms with E-state index >= 15 is 0 Å². The van der Waals surface area contributed by atoms with Gasteiger partial charge in [-0.1, -0.05) is 25.0 Å². The van der Waals surface area contributed by atoms with E-state index in [1.165, 1.54) is 12.0 Å². The van der Waals surface area contributed by atoms with Crippen LogP contribution in [0.15, 0.2) is 11.6 Å². The SMILES string of the molecule is CCCC1=CC2CCC(=O)C12. The van der Waals surface area contributed by atoms with Crippen LogP contribution in [0.25, 0.3) is 0 Å². The maximum Gasteiger partial charge on any atom is 0.140 e. The zero-order chi connectivity index (χ0) is 7.84. The standard InChI is InChI=1S/C10H14O/c1-2-3-7-6-8-4-5-9(11)10(7)8/h6,8,10H,2-5H2,1H3. The molecular formula is C10H14O. The van der Waals surface area contributed by atoms with Gasteiger partial charge in [-0.3, -0.25) is 4.79 Å². The first-order valence-electron chi connectivity index (χ1n) is 4.56. The second-order valence-corrected chi connectivity index (χ2v) is 3.64. The molecule has 2 aliphatic rings. The maximum absolute atomic E-state index is 11.3. The number of carbonyl (C=O) groups is 1. The van der Waals surface area contributed by atoms with E-state index in [1.807, 2.05) is 0 Å². The molecule has 0 saturated heterocycles. The summed E-state index contributed by atoms with van der Waals surface area (Å²) in [6.45, 7) is 2.17. The van der Waals surface area contributed by atoms with E-state index < -0.39 is 0 Å². The highest BCUT2D eigenvalue weighted by molar-refractivity contribution is 5.88. The Labute approximate surface area is 67.5 Å². The van der Waals surface area contributed by atoms with Crippen molar-refractivity contribution in [3.8, 4) is 0 Å². The molecule has 0 aromatic carbocycles. The summed E-state index contributed by atoms with van der Waals surface area (Å²) in [5.74, 6) is 1.51. The molecule has 1 nitrogen and oxygen atoms in total. The number of Topliss-reactive ketones (excluding diaryl/α,β-unsaturated/α-hetero) is 1. The van der Waals surface area contributed by atoms with Crippen molar-refractivity contribution in [1.82, 2.24) is 0 Å². The number of carbonyl (C=O) groups excluding carboxylic acids is 1. The van der Waals surface area contributed by atoms with Crippen LogP contribution in [-0.2, 0) is 4.79 Å². The van der Waals surface area contributed by atoms with Crippen molar-refractivity contribution in [2.75, 3.05) is 0 Å². The fourth-order valence-electron chi connectivity index (χ4n) is 2.32. The first-order chi connectivity index (χ1) is 5.33. The van der Waals surface area contributed by atoms with Crippen LogP contribution in [-0.4, -0.2) is 5.78 Å². The highest BCUT2D eigenvalue weighted by Gasteiger charge is 2.41. The van der Waals surface area contributed by atoms with Gasteiger partial charge in [-0.15, -0.1) is 0 Å². The van der Waals surface area contributed by atoms with Crippen molar-refractivity contribution >= 4 is 5.78 Å². The maximum atomic E-state index is 11.3. The molecule has 0 aromatic heterocycles. The molecule has 2 unspecified atom stereocenters. The van der Waals surface area contributed by atoms with Crippen molar-refractivity contribution in [2.24, 2.45) is 11.8 Å². The van der Waals surface area contributed by atoms with E-state index in [-0.39, 0.29) is 0 Å². The molecule has 11 heavy (non-hydrogen) atoms. The molecule has 0 aliphatic heterocycles. The molecule has 0 heterocycles. The van der Waals surface area contributed by atoms with Gasteiger partial charge in [-0.05, 0) is 18.8 Å². The van der Waals surface area contributed by atoms with E-state index in [2.05, 4.69) is 13.0 Å². The lowest BCUT2D eigenvalue weighted by molar-refractivity contribution is -0.120. The van der Waals surface area contributed by atoms with Crippen molar-refractivity contribution < 1.29 is 4.79 Å². The molecule has 2 aliphatic carbocycles. The predicted octanol–water partition coefficient (Wildman–Crippen LogP) is 2.32. The fraction of sp³-hybridized carbons (Fsp3) is 0.700. The van der Waals surface area contributed by atoms with Crippen molar-refractivity contribution in [2.45, 2.75) is 32.6 Å². The summed E-state index contributed by atoms with van der Waals surface area (Å²) in [5, 5.41) is 0. The average Bonchev–Trinajstić information content (AvgIpc) is 2.20. The molecule has 60 valence electrons. The van der Waals surface area contributed by atoms with E-state index in [9.17, 15) is 4.79 Å². The molecule has 0 N–H and O–H groups in total. The minimum atomic E-state index is 0.370. The fourth-order valence-corrected chi connectivity index (χ4v) is 2.32. The molecule has 2 rings (SSSR count). The molecule has 2 atom stereocenters. The summed E-state index contributed by atoms with van der Waals surface area (Å²) in [5.41, 5.74) is 1.43. The number of ketones is 1. The van der Waals surface area contributed by atoms with Gasteiger partial charge >= 0.3 is 0 Å². The lowest BCUT2D eigenvalue weighted by Gasteiger charge is -2.28. The third-order valence-electron chi connectivity index (χ3n) is 2.87. The molecule has 0 aromatic rings. The summed E-state index contributed by atoms with van der Waals surface area (Å²) in [6.07, 6.45) is 6.60. The molecule has 1 heteroatoms. The second kappa shape index (κ2) is 2.47. The Kier molecular flexibility index (Phi) is 1.59. The van der Waals surface area contributed by atoms with Gasteiger partial charge in [0.1, 0.15) is 5.78 Å². The lowest BCUT2D eigenvalue weighted by atomic mass is 9.75. The molecular weight excluding hydrogens is 136 g/mol. The monoisotopic (exact) mass is 150 g/mol. The van der Waals surface area contributed by atoms with Crippen LogP contribution in [0.2, 0.25) is 0 Å². The summed E-state index contributed by atoms with van der Waals surface area (Å²) in [7, 11) is 0. The Balaban J connectivity index is 2.06.